The highest BCUT2D eigenvalue weighted by atomic mass is 31.1. The highest BCUT2D eigenvalue weighted by Crippen LogP contribution is 1.98. The van der Waals surface area contributed by atoms with Gasteiger partial charge in [-0.15, -0.1) is 0 Å². The summed E-state index contributed by atoms with van der Waals surface area (Å²) in [6.45, 7) is 3.57. The van der Waals surface area contributed by atoms with E-state index in [1.165, 1.54) is 6.92 Å². The van der Waals surface area contributed by atoms with Crippen LogP contribution in [0, 0.1) is 0 Å². The van der Waals surface area contributed by atoms with Crippen LogP contribution in [0.4, 0.5) is 0 Å². The van der Waals surface area contributed by atoms with Crippen LogP contribution < -0.4 is 5.09 Å². The van der Waals surface area contributed by atoms with Crippen molar-refractivity contribution < 1.29 is 4.79 Å². The summed E-state index contributed by atoms with van der Waals surface area (Å²) < 4.78 is 0. The fourth-order valence-corrected chi connectivity index (χ4v) is 0.639. The lowest BCUT2D eigenvalue weighted by atomic mass is 10.8. The fraction of sp³-hybridized carbons (Fsp3) is 0.750. The second-order valence-corrected chi connectivity index (χ2v) is 2.52. The van der Waals surface area contributed by atoms with Gasteiger partial charge < -0.3 is 5.09 Å². The zero-order valence-electron chi connectivity index (χ0n) is 4.62. The number of hydrogen-bond acceptors (Lipinski definition) is 1. The average molecular weight is 119 g/mol. The number of carbonyl (C=O) groups is 1. The summed E-state index contributed by atoms with van der Waals surface area (Å²) >= 11 is 0. The van der Waals surface area contributed by atoms with E-state index in [0.29, 0.717) is 8.73 Å². The Labute approximate surface area is 45.5 Å². The van der Waals surface area contributed by atoms with Gasteiger partial charge >= 0.3 is 0 Å². The Morgan fingerprint density at radius 1 is 1.86 bits per heavy atom. The van der Waals surface area contributed by atoms with Gasteiger partial charge in [0, 0.05) is 6.92 Å². The Morgan fingerprint density at radius 2 is 2.43 bits per heavy atom. The van der Waals surface area contributed by atoms with Crippen molar-refractivity contribution in [3.05, 3.63) is 0 Å². The van der Waals surface area contributed by atoms with E-state index in [4.69, 9.17) is 0 Å². The first-order valence-corrected chi connectivity index (χ1v) is 3.47. The van der Waals surface area contributed by atoms with Gasteiger partial charge in [-0.3, -0.25) is 4.79 Å². The topological polar surface area (TPSA) is 29.1 Å². The third-order valence-corrected chi connectivity index (χ3v) is 1.32. The van der Waals surface area contributed by atoms with Crippen molar-refractivity contribution >= 4 is 14.6 Å². The Balaban J connectivity index is 2.82. The number of rotatable bonds is 2. The third kappa shape index (κ3) is 5.90. The second kappa shape index (κ2) is 4.07. The van der Waals surface area contributed by atoms with Crippen LogP contribution in [0.25, 0.3) is 0 Å². The predicted molar refractivity (Wildman–Crippen MR) is 32.7 cm³/mol. The molecule has 0 spiro atoms. The summed E-state index contributed by atoms with van der Waals surface area (Å²) in [6, 6.07) is 0. The van der Waals surface area contributed by atoms with E-state index in [1.807, 2.05) is 6.92 Å². The van der Waals surface area contributed by atoms with Gasteiger partial charge in [0.25, 0.3) is 0 Å². The molecule has 0 saturated heterocycles. The van der Waals surface area contributed by atoms with E-state index in [0.717, 1.165) is 6.16 Å². The number of nitrogens with one attached hydrogen (secondary N) is 1. The molecule has 0 saturated carbocycles. The van der Waals surface area contributed by atoms with Crippen LogP contribution in [-0.4, -0.2) is 12.1 Å². The van der Waals surface area contributed by atoms with Crippen LogP contribution in [0.15, 0.2) is 0 Å². The molecular formula is C4H10NOP. The molecule has 0 aliphatic rings. The molecule has 0 aliphatic carbocycles. The lowest BCUT2D eigenvalue weighted by Gasteiger charge is -1.93. The molecule has 0 aromatic carbocycles. The lowest BCUT2D eigenvalue weighted by Crippen LogP contribution is -2.08. The summed E-state index contributed by atoms with van der Waals surface area (Å²) in [5, 5.41) is 2.68. The molecule has 0 aromatic heterocycles. The van der Waals surface area contributed by atoms with E-state index < -0.39 is 0 Å². The van der Waals surface area contributed by atoms with Crippen LogP contribution >= 0.6 is 8.73 Å². The molecule has 0 rings (SSSR count). The standard InChI is InChI=1S/C4H10NOP/c1-3-7-5-4(2)6/h7H,3H2,1-2H3,(H,5,6). The summed E-state index contributed by atoms with van der Waals surface area (Å²) in [7, 11) is 0.596. The molecule has 1 unspecified atom stereocenters. The maximum absolute atomic E-state index is 10.1. The molecule has 0 aliphatic heterocycles. The minimum absolute atomic E-state index is 0.0696. The third-order valence-electron chi connectivity index (χ3n) is 0.441. The van der Waals surface area contributed by atoms with Gasteiger partial charge in [-0.2, -0.15) is 0 Å². The van der Waals surface area contributed by atoms with E-state index in [-0.39, 0.29) is 5.91 Å². The first kappa shape index (κ1) is 6.90. The predicted octanol–water partition coefficient (Wildman–Crippen LogP) is 0.736. The number of hydrogen-bond donors (Lipinski definition) is 1. The van der Waals surface area contributed by atoms with E-state index in [1.54, 1.807) is 0 Å². The largest absolute Gasteiger partial charge is 0.338 e. The lowest BCUT2D eigenvalue weighted by molar-refractivity contribution is -0.117. The van der Waals surface area contributed by atoms with E-state index in [9.17, 15) is 4.79 Å². The summed E-state index contributed by atoms with van der Waals surface area (Å²) in [5.74, 6) is 0.0696. The van der Waals surface area contributed by atoms with E-state index in [2.05, 4.69) is 5.09 Å². The molecule has 2 nitrogen and oxygen atoms in total. The molecule has 3 heteroatoms. The summed E-state index contributed by atoms with van der Waals surface area (Å²) in [5.41, 5.74) is 0. The van der Waals surface area contributed by atoms with Gasteiger partial charge in [0.1, 0.15) is 0 Å². The Bertz CT molecular complexity index is 64.7. The van der Waals surface area contributed by atoms with Crippen molar-refractivity contribution in [3.63, 3.8) is 0 Å². The van der Waals surface area contributed by atoms with Crippen LogP contribution in [0.2, 0.25) is 0 Å². The van der Waals surface area contributed by atoms with Crippen LogP contribution in [0.1, 0.15) is 13.8 Å². The van der Waals surface area contributed by atoms with Gasteiger partial charge in [0.15, 0.2) is 0 Å². The Kier molecular flexibility index (Phi) is 4.01. The summed E-state index contributed by atoms with van der Waals surface area (Å²) in [6.07, 6.45) is 1.04. The van der Waals surface area contributed by atoms with Crippen molar-refractivity contribution in [1.82, 2.24) is 5.09 Å². The van der Waals surface area contributed by atoms with Crippen molar-refractivity contribution in [3.8, 4) is 0 Å². The van der Waals surface area contributed by atoms with Crippen LogP contribution in [0.3, 0.4) is 0 Å². The molecule has 1 N–H and O–H groups in total. The first-order valence-electron chi connectivity index (χ1n) is 2.26. The van der Waals surface area contributed by atoms with Crippen LogP contribution in [-0.2, 0) is 4.79 Å². The number of carbonyl (C=O) groups excluding carboxylic acids is 1. The maximum atomic E-state index is 10.1. The Morgan fingerprint density at radius 3 is 2.57 bits per heavy atom. The molecule has 0 bridgehead atoms. The molecule has 0 heterocycles. The quantitative estimate of drug-likeness (QED) is 0.533. The van der Waals surface area contributed by atoms with Gasteiger partial charge in [0.05, 0.1) is 0 Å². The fourth-order valence-electron chi connectivity index (χ4n) is 0.213. The molecule has 0 aromatic rings. The molecule has 1 atom stereocenters. The molecular weight excluding hydrogens is 109 g/mol. The van der Waals surface area contributed by atoms with Crippen molar-refractivity contribution in [2.45, 2.75) is 13.8 Å². The highest BCUT2D eigenvalue weighted by molar-refractivity contribution is 7.36. The molecule has 7 heavy (non-hydrogen) atoms. The minimum atomic E-state index is 0.0696. The average Bonchev–Trinajstić information content (AvgIpc) is 1.61. The molecule has 0 fully saturated rings. The second-order valence-electron chi connectivity index (χ2n) is 1.21. The number of amides is 1. The van der Waals surface area contributed by atoms with Crippen molar-refractivity contribution in [2.75, 3.05) is 6.16 Å². The van der Waals surface area contributed by atoms with E-state index >= 15 is 0 Å². The molecule has 1 amide bonds. The first-order chi connectivity index (χ1) is 3.27. The van der Waals surface area contributed by atoms with Gasteiger partial charge in [-0.1, -0.05) is 6.92 Å². The monoisotopic (exact) mass is 119 g/mol. The Hall–Kier alpha value is -0.100. The molecule has 0 radical (unpaired) electrons. The highest BCUT2D eigenvalue weighted by Gasteiger charge is 1.82. The normalized spacial score (nSPS) is 10.0. The van der Waals surface area contributed by atoms with Crippen LogP contribution in [0.5, 0.6) is 0 Å². The van der Waals surface area contributed by atoms with Gasteiger partial charge in [0.2, 0.25) is 5.91 Å². The molecule has 42 valence electrons. The zero-order chi connectivity index (χ0) is 5.70. The zero-order valence-corrected chi connectivity index (χ0v) is 5.62. The van der Waals surface area contributed by atoms with Gasteiger partial charge in [-0.25, -0.2) is 0 Å². The smallest absolute Gasteiger partial charge is 0.219 e. The maximum Gasteiger partial charge on any atom is 0.219 e. The van der Waals surface area contributed by atoms with Crippen molar-refractivity contribution in [2.24, 2.45) is 0 Å². The van der Waals surface area contributed by atoms with Gasteiger partial charge in [-0.05, 0) is 14.9 Å². The minimum Gasteiger partial charge on any atom is -0.338 e. The summed E-state index contributed by atoms with van der Waals surface area (Å²) in [4.78, 5) is 10.1. The SMILES string of the molecule is CCPNC(C)=O. The van der Waals surface area contributed by atoms with Crippen molar-refractivity contribution in [1.29, 1.82) is 0 Å².